The van der Waals surface area contributed by atoms with Crippen molar-refractivity contribution in [2.45, 2.75) is 13.5 Å². The van der Waals surface area contributed by atoms with Gasteiger partial charge in [0.15, 0.2) is 12.3 Å². The average Bonchev–Trinajstić information content (AvgIpc) is 2.74. The number of hydrogen-bond donors (Lipinski definition) is 2. The number of quaternary nitrogens is 1. The summed E-state index contributed by atoms with van der Waals surface area (Å²) in [6, 6.07) is 13.3. The number of morpholine rings is 1. The lowest BCUT2D eigenvalue weighted by Gasteiger charge is -2.28. The van der Waals surface area contributed by atoms with Gasteiger partial charge in [0.2, 0.25) is 0 Å². The number of nitrogens with one attached hydrogen (secondary N) is 2. The monoisotopic (exact) mass is 412 g/mol. The number of anilines is 2. The molecule has 7 nitrogen and oxygen atoms in total. The molecule has 160 valence electrons. The smallest absolute Gasteiger partial charge is 0.279 e. The number of benzene rings is 2. The van der Waals surface area contributed by atoms with Gasteiger partial charge in [-0.2, -0.15) is 0 Å². The number of ether oxygens (including phenoxy) is 2. The van der Waals surface area contributed by atoms with Crippen LogP contribution in [0.3, 0.4) is 0 Å². The lowest BCUT2D eigenvalue weighted by atomic mass is 10.1. The molecule has 1 amide bonds. The second kappa shape index (κ2) is 10.2. The predicted octanol–water partition coefficient (Wildman–Crippen LogP) is 1.39. The van der Waals surface area contributed by atoms with Crippen LogP contribution in [0.15, 0.2) is 42.5 Å². The van der Waals surface area contributed by atoms with E-state index in [9.17, 15) is 9.59 Å². The molecule has 0 spiro atoms. The lowest BCUT2D eigenvalue weighted by molar-refractivity contribution is -0.885. The first-order valence-corrected chi connectivity index (χ1v) is 10.2. The number of carbonyl (C=O) groups is 2. The molecule has 7 heteroatoms. The zero-order valence-corrected chi connectivity index (χ0v) is 17.9. The molecule has 1 aliphatic heterocycles. The molecule has 3 rings (SSSR count). The van der Waals surface area contributed by atoms with E-state index in [0.29, 0.717) is 18.7 Å². The molecule has 30 heavy (non-hydrogen) atoms. The Kier molecular flexibility index (Phi) is 7.43. The van der Waals surface area contributed by atoms with Crippen LogP contribution >= 0.6 is 0 Å². The number of ketones is 1. The van der Waals surface area contributed by atoms with Gasteiger partial charge in [0.25, 0.3) is 5.91 Å². The minimum atomic E-state index is -0.0617. The van der Waals surface area contributed by atoms with Gasteiger partial charge >= 0.3 is 0 Å². The molecule has 0 saturated carbocycles. The van der Waals surface area contributed by atoms with Crippen molar-refractivity contribution in [2.24, 2.45) is 0 Å². The van der Waals surface area contributed by atoms with Gasteiger partial charge in [-0.05, 0) is 49.4 Å². The van der Waals surface area contributed by atoms with Crippen LogP contribution < -0.4 is 19.9 Å². The summed E-state index contributed by atoms with van der Waals surface area (Å²) in [5.41, 5.74) is 3.46. The number of rotatable bonds is 8. The SMILES string of the molecule is COc1ccc(C(C)=O)cc1C[NH+](C)CC(=O)Nc1ccc(N2CCOCC2)cc1. The van der Waals surface area contributed by atoms with Gasteiger partial charge in [0.05, 0.1) is 27.4 Å². The van der Waals surface area contributed by atoms with Crippen molar-refractivity contribution in [3.63, 3.8) is 0 Å². The van der Waals surface area contributed by atoms with Crippen LogP contribution in [0.2, 0.25) is 0 Å². The first kappa shape index (κ1) is 21.8. The Hall–Kier alpha value is -2.90. The summed E-state index contributed by atoms with van der Waals surface area (Å²) in [4.78, 5) is 27.4. The Morgan fingerprint density at radius 1 is 1.13 bits per heavy atom. The van der Waals surface area contributed by atoms with Crippen molar-refractivity contribution in [3.05, 3.63) is 53.6 Å². The third-order valence-corrected chi connectivity index (χ3v) is 5.17. The quantitative estimate of drug-likeness (QED) is 0.641. The molecule has 2 aromatic rings. The maximum absolute atomic E-state index is 12.5. The van der Waals surface area contributed by atoms with Crippen LogP contribution in [0.5, 0.6) is 5.75 Å². The molecule has 0 bridgehead atoms. The summed E-state index contributed by atoms with van der Waals surface area (Å²) in [6.45, 7) is 5.68. The van der Waals surface area contributed by atoms with Crippen molar-refractivity contribution in [3.8, 4) is 5.75 Å². The maximum atomic E-state index is 12.5. The molecule has 1 heterocycles. The van der Waals surface area contributed by atoms with Gasteiger partial charge in [-0.3, -0.25) is 9.59 Å². The Morgan fingerprint density at radius 2 is 1.83 bits per heavy atom. The van der Waals surface area contributed by atoms with Gasteiger partial charge in [0.1, 0.15) is 12.3 Å². The summed E-state index contributed by atoms with van der Waals surface area (Å²) in [5.74, 6) is 0.668. The van der Waals surface area contributed by atoms with Crippen molar-refractivity contribution in [2.75, 3.05) is 57.2 Å². The lowest BCUT2D eigenvalue weighted by Crippen LogP contribution is -3.08. The maximum Gasteiger partial charge on any atom is 0.279 e. The zero-order valence-electron chi connectivity index (χ0n) is 17.9. The highest BCUT2D eigenvalue weighted by molar-refractivity contribution is 5.94. The molecule has 1 aliphatic rings. The highest BCUT2D eigenvalue weighted by Crippen LogP contribution is 2.20. The number of nitrogens with zero attached hydrogens (tertiary/aromatic N) is 1. The van der Waals surface area contributed by atoms with E-state index < -0.39 is 0 Å². The number of hydrogen-bond acceptors (Lipinski definition) is 5. The van der Waals surface area contributed by atoms with E-state index in [1.54, 1.807) is 26.2 Å². The number of Topliss-reactive ketones (excluding diaryl/α,β-unsaturated/α-hetero) is 1. The Balaban J connectivity index is 1.55. The minimum absolute atomic E-state index is 0.00910. The summed E-state index contributed by atoms with van der Waals surface area (Å²) < 4.78 is 10.8. The van der Waals surface area contributed by atoms with Gasteiger partial charge in [-0.25, -0.2) is 0 Å². The number of carbonyl (C=O) groups excluding carboxylic acids is 2. The van der Waals surface area contributed by atoms with Crippen molar-refractivity contribution in [1.82, 2.24) is 0 Å². The van der Waals surface area contributed by atoms with Gasteiger partial charge < -0.3 is 24.6 Å². The molecule has 2 N–H and O–H groups in total. The highest BCUT2D eigenvalue weighted by Gasteiger charge is 2.16. The molecule has 1 saturated heterocycles. The van der Waals surface area contributed by atoms with Crippen LogP contribution in [0.4, 0.5) is 11.4 Å². The summed E-state index contributed by atoms with van der Waals surface area (Å²) in [6.07, 6.45) is 0. The first-order chi connectivity index (χ1) is 14.5. The van der Waals surface area contributed by atoms with Crippen molar-refractivity contribution in [1.29, 1.82) is 0 Å². The van der Waals surface area contributed by atoms with E-state index in [-0.39, 0.29) is 11.7 Å². The van der Waals surface area contributed by atoms with Crippen LogP contribution in [-0.4, -0.2) is 58.7 Å². The average molecular weight is 413 g/mol. The van der Waals surface area contributed by atoms with Crippen molar-refractivity contribution < 1.29 is 24.0 Å². The molecule has 0 radical (unpaired) electrons. The van der Waals surface area contributed by atoms with E-state index >= 15 is 0 Å². The van der Waals surface area contributed by atoms with Crippen molar-refractivity contribution >= 4 is 23.1 Å². The topological polar surface area (TPSA) is 72.3 Å². The van der Waals surface area contributed by atoms with Crippen LogP contribution in [-0.2, 0) is 16.1 Å². The van der Waals surface area contributed by atoms with Gasteiger partial charge in [-0.15, -0.1) is 0 Å². The van der Waals surface area contributed by atoms with E-state index in [1.165, 1.54) is 0 Å². The Bertz CT molecular complexity index is 877. The second-order valence-corrected chi connectivity index (χ2v) is 7.59. The summed E-state index contributed by atoms with van der Waals surface area (Å²) >= 11 is 0. The molecule has 2 aromatic carbocycles. The molecule has 1 atom stereocenters. The van der Waals surface area contributed by atoms with Gasteiger partial charge in [-0.1, -0.05) is 0 Å². The largest absolute Gasteiger partial charge is 0.496 e. The molecule has 1 fully saturated rings. The fraction of sp³-hybridized carbons (Fsp3) is 0.391. The number of likely N-dealkylation sites (N-methyl/N-ethyl adjacent to an activating group) is 1. The highest BCUT2D eigenvalue weighted by atomic mass is 16.5. The van der Waals surface area contributed by atoms with Crippen LogP contribution in [0.1, 0.15) is 22.8 Å². The molecular weight excluding hydrogens is 382 g/mol. The zero-order chi connectivity index (χ0) is 21.5. The fourth-order valence-electron chi connectivity index (χ4n) is 3.58. The molecular formula is C23H30N3O4+. The summed E-state index contributed by atoms with van der Waals surface area (Å²) in [7, 11) is 3.55. The third-order valence-electron chi connectivity index (χ3n) is 5.17. The number of amides is 1. The Labute approximate surface area is 177 Å². The predicted molar refractivity (Wildman–Crippen MR) is 117 cm³/mol. The molecule has 0 aromatic heterocycles. The van der Waals surface area contributed by atoms with Gasteiger partial charge in [0, 0.05) is 35.6 Å². The Morgan fingerprint density at radius 3 is 2.47 bits per heavy atom. The first-order valence-electron chi connectivity index (χ1n) is 10.2. The van der Waals surface area contributed by atoms with E-state index in [4.69, 9.17) is 9.47 Å². The molecule has 1 unspecified atom stereocenters. The third kappa shape index (κ3) is 5.81. The van der Waals surface area contributed by atoms with E-state index in [1.807, 2.05) is 37.4 Å². The molecule has 0 aliphatic carbocycles. The van der Waals surface area contributed by atoms with Crippen LogP contribution in [0.25, 0.3) is 0 Å². The standard InChI is InChI=1S/C23H29N3O4/c1-17(27)18-4-9-22(29-3)19(14-18)15-25(2)16-23(28)24-20-5-7-21(8-6-20)26-10-12-30-13-11-26/h4-9,14H,10-13,15-16H2,1-3H3,(H,24,28)/p+1. The second-order valence-electron chi connectivity index (χ2n) is 7.59. The summed E-state index contributed by atoms with van der Waals surface area (Å²) in [5, 5.41) is 2.96. The van der Waals surface area contributed by atoms with E-state index in [2.05, 4.69) is 10.2 Å². The number of methoxy groups -OCH3 is 1. The normalized spacial score (nSPS) is 14.8. The minimum Gasteiger partial charge on any atom is -0.496 e. The van der Waals surface area contributed by atoms with Crippen LogP contribution in [0, 0.1) is 0 Å². The van der Waals surface area contributed by atoms with E-state index in [0.717, 1.165) is 53.9 Å². The fourth-order valence-corrected chi connectivity index (χ4v) is 3.58.